The third kappa shape index (κ3) is 11.9. The summed E-state index contributed by atoms with van der Waals surface area (Å²) in [4.78, 5) is 0. The number of benzene rings is 3. The van der Waals surface area contributed by atoms with Crippen molar-refractivity contribution >= 4 is 28.6 Å². The van der Waals surface area contributed by atoms with Gasteiger partial charge >= 0.3 is 26.8 Å². The largest absolute Gasteiger partial charge is 0.656 e. The molecule has 0 aromatic heterocycles. The molecule has 0 N–H and O–H groups in total. The fraction of sp³-hybridized carbons (Fsp3) is 0.438. The number of rotatable bonds is 12. The first kappa shape index (κ1) is 32.0. The topological polar surface area (TPSA) is 46.2 Å². The number of hydrogen-bond donors (Lipinski definition) is 0. The van der Waals surface area contributed by atoms with Crippen LogP contribution in [0, 0.1) is 0 Å². The van der Waals surface area contributed by atoms with Gasteiger partial charge in [0.05, 0.1) is 26.4 Å². The van der Waals surface area contributed by atoms with E-state index in [0.29, 0.717) is 33.0 Å². The van der Waals surface area contributed by atoms with Crippen molar-refractivity contribution in [2.45, 2.75) is 73.2 Å². The van der Waals surface area contributed by atoms with Crippen molar-refractivity contribution in [1.29, 1.82) is 0 Å². The Hall–Kier alpha value is -1.48. The van der Waals surface area contributed by atoms with Crippen LogP contribution in [-0.2, 0) is 42.6 Å². The van der Waals surface area contributed by atoms with Crippen LogP contribution >= 0.6 is 0 Å². The normalized spacial score (nSPS) is 20.9. The summed E-state index contributed by atoms with van der Waals surface area (Å²) < 4.78 is 32.1. The predicted molar refractivity (Wildman–Crippen MR) is 162 cm³/mol. The molecular formula is C32H44Al2O5. The molecule has 0 radical (unpaired) electrons. The Kier molecular flexibility index (Phi) is 14.3. The Balaban J connectivity index is 0.00000134. The van der Waals surface area contributed by atoms with Gasteiger partial charge in [0.15, 0.2) is 0 Å². The van der Waals surface area contributed by atoms with Crippen molar-refractivity contribution in [3.8, 4) is 0 Å². The molecule has 1 saturated heterocycles. The molecular weight excluding hydrogens is 518 g/mol. The van der Waals surface area contributed by atoms with Gasteiger partial charge in [-0.05, 0) is 16.7 Å². The van der Waals surface area contributed by atoms with E-state index in [9.17, 15) is 0 Å². The third-order valence-corrected chi connectivity index (χ3v) is 7.36. The van der Waals surface area contributed by atoms with E-state index in [0.717, 1.165) is 31.9 Å². The molecule has 1 aliphatic heterocycles. The molecule has 5 nitrogen and oxygen atoms in total. The Morgan fingerprint density at radius 2 is 1.08 bits per heavy atom. The minimum Gasteiger partial charge on any atom is -0.656 e. The van der Waals surface area contributed by atoms with Gasteiger partial charge in [0.2, 0.25) is 0 Å². The van der Waals surface area contributed by atoms with E-state index in [2.05, 4.69) is 65.3 Å². The van der Waals surface area contributed by atoms with Crippen molar-refractivity contribution < 1.29 is 22.7 Å². The van der Waals surface area contributed by atoms with Crippen molar-refractivity contribution in [3.05, 3.63) is 108 Å². The SMILES string of the molecule is [CH3][Al+][CH3].[CH3][Al-]([CH3])([CH3])[O]C[C@H]1OC[C@H](OCc2ccccc2)[C@@H](OCc2ccccc2)[C@@H]1OCc1ccccc1. The van der Waals surface area contributed by atoms with Gasteiger partial charge in [-0.15, -0.1) is 0 Å². The molecule has 39 heavy (non-hydrogen) atoms. The maximum atomic E-state index is 6.56. The van der Waals surface area contributed by atoms with Crippen LogP contribution < -0.4 is 0 Å². The summed E-state index contributed by atoms with van der Waals surface area (Å²) in [5.41, 5.74) is 3.34. The van der Waals surface area contributed by atoms with Crippen LogP contribution in [0.4, 0.5) is 0 Å². The Morgan fingerprint density at radius 1 is 0.667 bits per heavy atom. The second-order valence-corrected chi connectivity index (χ2v) is 17.4. The van der Waals surface area contributed by atoms with Gasteiger partial charge in [-0.25, -0.2) is 0 Å². The van der Waals surface area contributed by atoms with Crippen molar-refractivity contribution in [1.82, 2.24) is 0 Å². The fourth-order valence-electron chi connectivity index (χ4n) is 4.22. The van der Waals surface area contributed by atoms with Gasteiger partial charge in [-0.3, -0.25) is 0 Å². The van der Waals surface area contributed by atoms with Crippen LogP contribution in [0.5, 0.6) is 0 Å². The van der Waals surface area contributed by atoms with Crippen LogP contribution in [0.25, 0.3) is 0 Å². The zero-order valence-electron chi connectivity index (χ0n) is 24.2. The van der Waals surface area contributed by atoms with Crippen molar-refractivity contribution in [2.75, 3.05) is 13.2 Å². The van der Waals surface area contributed by atoms with Gasteiger partial charge in [0.25, 0.3) is 13.4 Å². The molecule has 0 amide bonds. The number of hydrogen-bond acceptors (Lipinski definition) is 5. The summed E-state index contributed by atoms with van der Waals surface area (Å²) in [6, 6.07) is 30.6. The van der Waals surface area contributed by atoms with E-state index in [1.54, 1.807) is 0 Å². The summed E-state index contributed by atoms with van der Waals surface area (Å²) in [5, 5.41) is 0. The first-order chi connectivity index (χ1) is 18.9. The van der Waals surface area contributed by atoms with Gasteiger partial charge in [-0.1, -0.05) is 91.0 Å². The average molecular weight is 563 g/mol. The van der Waals surface area contributed by atoms with Gasteiger partial charge in [-0.2, -0.15) is 17.4 Å². The van der Waals surface area contributed by atoms with E-state index in [4.69, 9.17) is 22.7 Å². The molecule has 4 rings (SSSR count). The molecule has 1 heterocycles. The molecule has 3 aromatic carbocycles. The minimum atomic E-state index is -2.03. The molecule has 0 aliphatic carbocycles. The van der Waals surface area contributed by atoms with E-state index in [-0.39, 0.29) is 24.4 Å². The monoisotopic (exact) mass is 562 g/mol. The molecule has 1 aliphatic rings. The van der Waals surface area contributed by atoms with Crippen LogP contribution in [0.2, 0.25) is 28.9 Å². The zero-order valence-corrected chi connectivity index (χ0v) is 26.5. The molecule has 7 heteroatoms. The standard InChI is InChI=1S/C27H29O5.5CH3.2Al/c28-16-24-26(31-18-22-12-6-2-7-13-22)27(32-19-23-14-8-3-9-15-23)25(20-30-24)29-17-21-10-4-1-5-11-21;;;;;;;/h1-15,24-27H,16-20H2;5*1H3;;/q-1;;;;;;;+1/t24-,25+,26-,27-;;;;;;;/m1......./s1. The van der Waals surface area contributed by atoms with E-state index < -0.39 is 13.4 Å². The Labute approximate surface area is 244 Å². The summed E-state index contributed by atoms with van der Waals surface area (Å²) in [6.07, 6.45) is -1.12. The molecule has 0 bridgehead atoms. The maximum Gasteiger partial charge on any atom is 0.290 e. The summed E-state index contributed by atoms with van der Waals surface area (Å²) >= 11 is -1.28. The van der Waals surface area contributed by atoms with Crippen LogP contribution in [0.1, 0.15) is 16.7 Å². The first-order valence-corrected chi connectivity index (χ1v) is 20.4. The molecule has 1 fully saturated rings. The zero-order chi connectivity index (χ0) is 27.9. The molecule has 4 atom stereocenters. The molecule has 3 aromatic rings. The summed E-state index contributed by atoms with van der Waals surface area (Å²) in [7, 11) is 0. The van der Waals surface area contributed by atoms with Crippen LogP contribution in [0.3, 0.4) is 0 Å². The first-order valence-electron chi connectivity index (χ1n) is 14.1. The molecule has 208 valence electrons. The summed E-state index contributed by atoms with van der Waals surface area (Å²) in [6.45, 7) is 2.36. The van der Waals surface area contributed by atoms with E-state index >= 15 is 0 Å². The minimum absolute atomic E-state index is 0.231. The van der Waals surface area contributed by atoms with Crippen molar-refractivity contribution in [2.24, 2.45) is 0 Å². The Morgan fingerprint density at radius 3 is 1.51 bits per heavy atom. The fourth-order valence-corrected chi connectivity index (χ4v) is 4.98. The second kappa shape index (κ2) is 17.4. The smallest absolute Gasteiger partial charge is 0.290 e. The number of ether oxygens (including phenoxy) is 4. The van der Waals surface area contributed by atoms with Gasteiger partial charge in [0, 0.05) is 6.61 Å². The van der Waals surface area contributed by atoms with Crippen molar-refractivity contribution in [3.63, 3.8) is 0 Å². The Bertz CT molecular complexity index is 1030. The third-order valence-electron chi connectivity index (χ3n) is 6.17. The van der Waals surface area contributed by atoms with Gasteiger partial charge < -0.3 is 22.7 Å². The molecule has 0 unspecified atom stereocenters. The van der Waals surface area contributed by atoms with Crippen LogP contribution in [-0.4, -0.2) is 66.3 Å². The predicted octanol–water partition coefficient (Wildman–Crippen LogP) is 6.78. The molecule has 0 spiro atoms. The van der Waals surface area contributed by atoms with E-state index in [1.165, 1.54) is 0 Å². The van der Waals surface area contributed by atoms with Gasteiger partial charge in [0.1, 0.15) is 24.4 Å². The van der Waals surface area contributed by atoms with Crippen LogP contribution in [0.15, 0.2) is 91.0 Å². The summed E-state index contributed by atoms with van der Waals surface area (Å²) in [5.74, 6) is 11.1. The van der Waals surface area contributed by atoms with E-state index in [1.807, 2.05) is 54.6 Å². The second-order valence-electron chi connectivity index (χ2n) is 11.1. The quantitative estimate of drug-likeness (QED) is 0.228. The average Bonchev–Trinajstić information content (AvgIpc) is 2.95. The molecule has 0 saturated carbocycles. The maximum absolute atomic E-state index is 6.56.